The molecular weight excluding hydrogens is 359 g/mol. The van der Waals surface area contributed by atoms with Crippen LogP contribution in [0.3, 0.4) is 0 Å². The highest BCUT2D eigenvalue weighted by molar-refractivity contribution is 5.81. The van der Waals surface area contributed by atoms with Crippen molar-refractivity contribution in [3.05, 3.63) is 35.6 Å². The molecule has 0 saturated carbocycles. The number of halogens is 1. The van der Waals surface area contributed by atoms with Crippen LogP contribution in [0, 0.1) is 5.82 Å². The molecule has 1 fully saturated rings. The van der Waals surface area contributed by atoms with E-state index >= 15 is 0 Å². The summed E-state index contributed by atoms with van der Waals surface area (Å²) in [5.41, 5.74) is 0.946. The minimum absolute atomic E-state index is 0.0151. The third-order valence-electron chi connectivity index (χ3n) is 4.76. The van der Waals surface area contributed by atoms with E-state index in [4.69, 9.17) is 4.74 Å². The molecule has 1 aliphatic heterocycles. The van der Waals surface area contributed by atoms with Crippen molar-refractivity contribution in [3.8, 4) is 0 Å². The molecule has 2 rings (SSSR count). The van der Waals surface area contributed by atoms with Gasteiger partial charge in [-0.1, -0.05) is 19.1 Å². The lowest BCUT2D eigenvalue weighted by Gasteiger charge is -2.38. The summed E-state index contributed by atoms with van der Waals surface area (Å²) < 4.78 is 19.3. The Hall–Kier alpha value is -2.15. The largest absolute Gasteiger partial charge is 0.367 e. The van der Waals surface area contributed by atoms with E-state index < -0.39 is 0 Å². The molecule has 1 amide bonds. The number of nitrogens with zero attached hydrogens (tertiary/aromatic N) is 2. The number of amides is 1. The summed E-state index contributed by atoms with van der Waals surface area (Å²) in [5, 5.41) is 6.27. The van der Waals surface area contributed by atoms with Gasteiger partial charge < -0.3 is 20.3 Å². The first-order valence-corrected chi connectivity index (χ1v) is 10.2. The zero-order chi connectivity index (χ0) is 20.5. The lowest BCUT2D eigenvalue weighted by Crippen LogP contribution is -2.50. The summed E-state index contributed by atoms with van der Waals surface area (Å²) >= 11 is 0. The maximum Gasteiger partial charge on any atom is 0.222 e. The number of benzene rings is 1. The molecule has 0 aliphatic carbocycles. The van der Waals surface area contributed by atoms with Crippen LogP contribution in [-0.2, 0) is 9.53 Å². The van der Waals surface area contributed by atoms with E-state index in [1.165, 1.54) is 12.1 Å². The molecule has 7 heteroatoms. The van der Waals surface area contributed by atoms with Gasteiger partial charge in [0, 0.05) is 25.6 Å². The number of aliphatic imine (C=N–C) groups is 1. The van der Waals surface area contributed by atoms with Gasteiger partial charge in [0.2, 0.25) is 5.91 Å². The molecule has 3 unspecified atom stereocenters. The van der Waals surface area contributed by atoms with Crippen molar-refractivity contribution in [1.82, 2.24) is 15.5 Å². The van der Waals surface area contributed by atoms with Crippen LogP contribution < -0.4 is 10.6 Å². The Morgan fingerprint density at radius 1 is 1.32 bits per heavy atom. The van der Waals surface area contributed by atoms with Crippen LogP contribution in [0.25, 0.3) is 0 Å². The molecular formula is C21H33FN4O2. The number of nitrogens with one attached hydrogen (secondary N) is 2. The highest BCUT2D eigenvalue weighted by Crippen LogP contribution is 2.25. The molecule has 1 heterocycles. The second-order valence-corrected chi connectivity index (χ2v) is 7.25. The average Bonchev–Trinajstić information content (AvgIpc) is 2.67. The number of carbonyl (C=O) groups is 1. The Balaban J connectivity index is 2.02. The van der Waals surface area contributed by atoms with Gasteiger partial charge in [0.15, 0.2) is 5.96 Å². The van der Waals surface area contributed by atoms with Gasteiger partial charge in [-0.05, 0) is 44.9 Å². The maximum atomic E-state index is 13.2. The molecule has 156 valence electrons. The van der Waals surface area contributed by atoms with E-state index in [1.807, 2.05) is 27.7 Å². The van der Waals surface area contributed by atoms with Gasteiger partial charge in [-0.15, -0.1) is 0 Å². The molecule has 28 heavy (non-hydrogen) atoms. The first kappa shape index (κ1) is 22.1. The van der Waals surface area contributed by atoms with E-state index in [1.54, 1.807) is 12.1 Å². The Morgan fingerprint density at radius 3 is 2.68 bits per heavy atom. The lowest BCUT2D eigenvalue weighted by atomic mass is 10.1. The Labute approximate surface area is 167 Å². The predicted molar refractivity (Wildman–Crippen MR) is 110 cm³/mol. The molecule has 1 saturated heterocycles. The predicted octanol–water partition coefficient (Wildman–Crippen LogP) is 2.86. The molecule has 1 aromatic rings. The van der Waals surface area contributed by atoms with E-state index in [0.29, 0.717) is 26.1 Å². The monoisotopic (exact) mass is 392 g/mol. The zero-order valence-electron chi connectivity index (χ0n) is 17.4. The number of morpholine rings is 1. The van der Waals surface area contributed by atoms with Crippen molar-refractivity contribution >= 4 is 11.9 Å². The van der Waals surface area contributed by atoms with Gasteiger partial charge in [0.25, 0.3) is 0 Å². The fourth-order valence-corrected chi connectivity index (χ4v) is 3.12. The highest BCUT2D eigenvalue weighted by Gasteiger charge is 2.28. The number of hydrogen-bond acceptors (Lipinski definition) is 3. The Morgan fingerprint density at radius 2 is 2.04 bits per heavy atom. The molecule has 6 nitrogen and oxygen atoms in total. The highest BCUT2D eigenvalue weighted by atomic mass is 19.1. The molecule has 0 aromatic heterocycles. The van der Waals surface area contributed by atoms with Crippen LogP contribution in [0.4, 0.5) is 4.39 Å². The number of guanidine groups is 1. The molecule has 0 bridgehead atoms. The smallest absolute Gasteiger partial charge is 0.222 e. The first-order valence-electron chi connectivity index (χ1n) is 10.2. The van der Waals surface area contributed by atoms with Gasteiger partial charge in [0.05, 0.1) is 19.2 Å². The number of hydrogen-bond donors (Lipinski definition) is 2. The average molecular weight is 393 g/mol. The zero-order valence-corrected chi connectivity index (χ0v) is 17.4. The summed E-state index contributed by atoms with van der Waals surface area (Å²) in [5.74, 6) is 0.546. The minimum Gasteiger partial charge on any atom is -0.367 e. The fourth-order valence-electron chi connectivity index (χ4n) is 3.12. The number of carbonyl (C=O) groups excluding carboxylic acids is 1. The van der Waals surface area contributed by atoms with Crippen LogP contribution in [0.1, 0.15) is 52.2 Å². The van der Waals surface area contributed by atoms with Gasteiger partial charge in [-0.3, -0.25) is 9.79 Å². The second kappa shape index (κ2) is 11.0. The Bertz CT molecular complexity index is 650. The molecule has 2 N–H and O–H groups in total. The summed E-state index contributed by atoms with van der Waals surface area (Å²) in [6, 6.07) is 6.62. The van der Waals surface area contributed by atoms with E-state index in [-0.39, 0.29) is 30.0 Å². The molecule has 0 radical (unpaired) electrons. The van der Waals surface area contributed by atoms with E-state index in [9.17, 15) is 9.18 Å². The third-order valence-corrected chi connectivity index (χ3v) is 4.76. The minimum atomic E-state index is -0.255. The fraction of sp³-hybridized carbons (Fsp3) is 0.619. The topological polar surface area (TPSA) is 66.0 Å². The van der Waals surface area contributed by atoms with Crippen molar-refractivity contribution in [3.63, 3.8) is 0 Å². The standard InChI is InChI=1S/C21H33FN4O2/c1-5-15(3)25-20(27)11-12-24-21(23-6-2)26-13-16(4)28-19(14-26)17-7-9-18(22)10-8-17/h7-10,15-16,19H,5-6,11-14H2,1-4H3,(H,23,24)(H,25,27). The van der Waals surface area contributed by atoms with Crippen molar-refractivity contribution in [2.75, 3.05) is 26.2 Å². The van der Waals surface area contributed by atoms with Crippen molar-refractivity contribution in [1.29, 1.82) is 0 Å². The van der Waals surface area contributed by atoms with Crippen LogP contribution in [0.5, 0.6) is 0 Å². The quantitative estimate of drug-likeness (QED) is 0.553. The van der Waals surface area contributed by atoms with E-state index in [2.05, 4.69) is 20.5 Å². The number of rotatable bonds is 7. The van der Waals surface area contributed by atoms with Gasteiger partial charge >= 0.3 is 0 Å². The van der Waals surface area contributed by atoms with E-state index in [0.717, 1.165) is 24.5 Å². The molecule has 0 spiro atoms. The van der Waals surface area contributed by atoms with Gasteiger partial charge in [-0.25, -0.2) is 4.39 Å². The molecule has 1 aliphatic rings. The maximum absolute atomic E-state index is 13.2. The van der Waals surface area contributed by atoms with Crippen molar-refractivity contribution < 1.29 is 13.9 Å². The SMILES string of the molecule is CCNC(=NCCC(=O)NC(C)CC)N1CC(C)OC(c2ccc(F)cc2)C1. The van der Waals surface area contributed by atoms with Crippen LogP contribution in [-0.4, -0.2) is 55.1 Å². The lowest BCUT2D eigenvalue weighted by molar-refractivity contribution is -0.121. The second-order valence-electron chi connectivity index (χ2n) is 7.25. The third kappa shape index (κ3) is 6.78. The van der Waals surface area contributed by atoms with Crippen molar-refractivity contribution in [2.45, 2.75) is 58.8 Å². The van der Waals surface area contributed by atoms with Gasteiger partial charge in [0.1, 0.15) is 11.9 Å². The molecule has 3 atom stereocenters. The van der Waals surface area contributed by atoms with Gasteiger partial charge in [-0.2, -0.15) is 0 Å². The normalized spacial score (nSPS) is 21.3. The Kier molecular flexibility index (Phi) is 8.70. The summed E-state index contributed by atoms with van der Waals surface area (Å²) in [6.45, 7) is 10.6. The van der Waals surface area contributed by atoms with Crippen LogP contribution in [0.2, 0.25) is 0 Å². The van der Waals surface area contributed by atoms with Crippen LogP contribution in [0.15, 0.2) is 29.3 Å². The number of ether oxygens (including phenoxy) is 1. The summed E-state index contributed by atoms with van der Waals surface area (Å²) in [6.07, 6.45) is 1.14. The first-order chi connectivity index (χ1) is 13.4. The van der Waals surface area contributed by atoms with Crippen LogP contribution >= 0.6 is 0 Å². The molecule has 1 aromatic carbocycles. The summed E-state index contributed by atoms with van der Waals surface area (Å²) in [4.78, 5) is 18.8. The summed E-state index contributed by atoms with van der Waals surface area (Å²) in [7, 11) is 0. The van der Waals surface area contributed by atoms with Crippen molar-refractivity contribution in [2.24, 2.45) is 4.99 Å².